The van der Waals surface area contributed by atoms with Crippen molar-refractivity contribution in [2.24, 2.45) is 0 Å². The highest BCUT2D eigenvalue weighted by atomic mass is 14.2. The molecule has 173 valence electrons. The van der Waals surface area contributed by atoms with Gasteiger partial charge in [-0.1, -0.05) is 115 Å². The summed E-state index contributed by atoms with van der Waals surface area (Å²) in [5.41, 5.74) is 8.88. The molecule has 0 aliphatic heterocycles. The fourth-order valence-electron chi connectivity index (χ4n) is 4.57. The van der Waals surface area contributed by atoms with Crippen LogP contribution in [0, 0.1) is 18.3 Å². The van der Waals surface area contributed by atoms with Crippen LogP contribution in [0.5, 0.6) is 0 Å². The highest BCUT2D eigenvalue weighted by Gasteiger charge is 2.11. The predicted molar refractivity (Wildman–Crippen MR) is 142 cm³/mol. The summed E-state index contributed by atoms with van der Waals surface area (Å²) in [4.78, 5) is 0. The molecule has 1 radical (unpaired) electrons. The summed E-state index contributed by atoms with van der Waals surface area (Å²) >= 11 is 0. The number of benzene rings is 2. The summed E-state index contributed by atoms with van der Waals surface area (Å²) in [6, 6.07) is 14.2. The lowest BCUT2D eigenvalue weighted by Gasteiger charge is -2.15. The maximum atomic E-state index is 3.65. The second kappa shape index (κ2) is 14.9. The van der Waals surface area contributed by atoms with E-state index in [1.807, 2.05) is 0 Å². The van der Waals surface area contributed by atoms with Gasteiger partial charge in [-0.3, -0.25) is 0 Å². The van der Waals surface area contributed by atoms with E-state index in [-0.39, 0.29) is 0 Å². The van der Waals surface area contributed by atoms with Crippen LogP contribution in [0.3, 0.4) is 0 Å². The minimum Gasteiger partial charge on any atom is -0.0979 e. The Kier molecular flexibility index (Phi) is 12.3. The van der Waals surface area contributed by atoms with Crippen LogP contribution in [0.2, 0.25) is 0 Å². The SMILES string of the molecule is CC[CH]CC(C#CCc1ccc(CCC)c(CCC)c1)c1ccc(CCC)c(CCC)c1. The van der Waals surface area contributed by atoms with Crippen molar-refractivity contribution in [3.05, 3.63) is 76.2 Å². The molecule has 2 aromatic rings. The Balaban J connectivity index is 2.23. The largest absolute Gasteiger partial charge is 0.0979 e. The molecule has 0 nitrogen and oxygen atoms in total. The van der Waals surface area contributed by atoms with Gasteiger partial charge in [0, 0.05) is 12.3 Å². The summed E-state index contributed by atoms with van der Waals surface area (Å²) in [6.07, 6.45) is 14.9. The Bertz CT molecular complexity index is 861. The van der Waals surface area contributed by atoms with Crippen molar-refractivity contribution in [2.75, 3.05) is 0 Å². The average molecular weight is 430 g/mol. The van der Waals surface area contributed by atoms with Crippen molar-refractivity contribution < 1.29 is 0 Å². The molecule has 0 saturated heterocycles. The van der Waals surface area contributed by atoms with Crippen LogP contribution in [0.15, 0.2) is 36.4 Å². The van der Waals surface area contributed by atoms with E-state index < -0.39 is 0 Å². The molecule has 2 aromatic carbocycles. The Hall–Kier alpha value is -2.00. The Morgan fingerprint density at radius 1 is 0.688 bits per heavy atom. The Labute approximate surface area is 199 Å². The van der Waals surface area contributed by atoms with E-state index in [0.717, 1.165) is 19.3 Å². The fourth-order valence-corrected chi connectivity index (χ4v) is 4.57. The average Bonchev–Trinajstić information content (AvgIpc) is 2.79. The van der Waals surface area contributed by atoms with Crippen molar-refractivity contribution in [2.45, 2.75) is 111 Å². The fraction of sp³-hybridized carbons (Fsp3) is 0.531. The maximum absolute atomic E-state index is 3.65. The van der Waals surface area contributed by atoms with Gasteiger partial charge in [0.15, 0.2) is 0 Å². The van der Waals surface area contributed by atoms with Gasteiger partial charge in [0.25, 0.3) is 0 Å². The van der Waals surface area contributed by atoms with E-state index >= 15 is 0 Å². The molecule has 0 aliphatic carbocycles. The molecule has 0 heteroatoms. The zero-order chi connectivity index (χ0) is 23.2. The molecule has 0 aliphatic rings. The van der Waals surface area contributed by atoms with Crippen molar-refractivity contribution in [3.8, 4) is 11.8 Å². The smallest absolute Gasteiger partial charge is 0.0455 e. The zero-order valence-electron chi connectivity index (χ0n) is 21.4. The van der Waals surface area contributed by atoms with Crippen molar-refractivity contribution in [3.63, 3.8) is 0 Å². The maximum Gasteiger partial charge on any atom is 0.0455 e. The van der Waals surface area contributed by atoms with Gasteiger partial charge in [0.1, 0.15) is 0 Å². The summed E-state index contributed by atoms with van der Waals surface area (Å²) in [7, 11) is 0. The first-order valence-electron chi connectivity index (χ1n) is 13.2. The van der Waals surface area contributed by atoms with E-state index in [1.165, 1.54) is 84.7 Å². The van der Waals surface area contributed by atoms with Crippen LogP contribution in [0.25, 0.3) is 0 Å². The molecule has 0 N–H and O–H groups in total. The van der Waals surface area contributed by atoms with Crippen LogP contribution >= 0.6 is 0 Å². The molecule has 0 aromatic heterocycles. The van der Waals surface area contributed by atoms with E-state index in [4.69, 9.17) is 0 Å². The normalized spacial score (nSPS) is 11.8. The summed E-state index contributed by atoms with van der Waals surface area (Å²) in [5.74, 6) is 7.50. The second-order valence-electron chi connectivity index (χ2n) is 9.11. The summed E-state index contributed by atoms with van der Waals surface area (Å²) < 4.78 is 0. The van der Waals surface area contributed by atoms with E-state index in [2.05, 4.69) is 89.3 Å². The summed E-state index contributed by atoms with van der Waals surface area (Å²) in [5, 5.41) is 0. The van der Waals surface area contributed by atoms with Gasteiger partial charge in [0.2, 0.25) is 0 Å². The van der Waals surface area contributed by atoms with Gasteiger partial charge in [0.05, 0.1) is 0 Å². The monoisotopic (exact) mass is 429 g/mol. The van der Waals surface area contributed by atoms with E-state index in [1.54, 1.807) is 0 Å². The molecular weight excluding hydrogens is 384 g/mol. The third kappa shape index (κ3) is 8.16. The van der Waals surface area contributed by atoms with Crippen LogP contribution in [0.1, 0.15) is 112 Å². The highest BCUT2D eigenvalue weighted by molar-refractivity contribution is 5.39. The first-order chi connectivity index (χ1) is 15.7. The molecule has 1 unspecified atom stereocenters. The van der Waals surface area contributed by atoms with Gasteiger partial charge >= 0.3 is 0 Å². The molecule has 2 rings (SSSR count). The van der Waals surface area contributed by atoms with Gasteiger partial charge in [-0.15, -0.1) is 0 Å². The third-order valence-corrected chi connectivity index (χ3v) is 6.24. The highest BCUT2D eigenvalue weighted by Crippen LogP contribution is 2.25. The molecule has 1 atom stereocenters. The number of hydrogen-bond acceptors (Lipinski definition) is 0. The number of unbranched alkanes of at least 4 members (excludes halogenated alkanes) is 1. The topological polar surface area (TPSA) is 0 Å². The van der Waals surface area contributed by atoms with Gasteiger partial charge in [-0.25, -0.2) is 0 Å². The molecule has 0 bridgehead atoms. The predicted octanol–water partition coefficient (Wildman–Crippen LogP) is 8.83. The second-order valence-corrected chi connectivity index (χ2v) is 9.11. The van der Waals surface area contributed by atoms with Crippen LogP contribution in [-0.4, -0.2) is 0 Å². The van der Waals surface area contributed by atoms with Crippen LogP contribution in [-0.2, 0) is 32.1 Å². The van der Waals surface area contributed by atoms with Crippen LogP contribution < -0.4 is 0 Å². The van der Waals surface area contributed by atoms with Crippen molar-refractivity contribution >= 4 is 0 Å². The lowest BCUT2D eigenvalue weighted by molar-refractivity contribution is 0.798. The lowest BCUT2D eigenvalue weighted by atomic mass is 9.89. The number of aryl methyl sites for hydroxylation is 4. The first kappa shape index (κ1) is 26.3. The molecule has 0 fully saturated rings. The minimum absolute atomic E-state index is 0.302. The Morgan fingerprint density at radius 3 is 1.84 bits per heavy atom. The van der Waals surface area contributed by atoms with Gasteiger partial charge in [-0.05, 0) is 71.9 Å². The number of rotatable bonds is 13. The summed E-state index contributed by atoms with van der Waals surface area (Å²) in [6.45, 7) is 11.3. The standard InChI is InChI=1S/C32H45/c1-6-11-18-29(32-23-22-28(14-8-3)31(25-32)16-10-5)19-12-17-26-20-21-27(13-7-2)30(24-26)15-9-4/h11,20-25,29H,6-10,13-18H2,1-5H3. The number of hydrogen-bond donors (Lipinski definition) is 0. The minimum atomic E-state index is 0.302. The van der Waals surface area contributed by atoms with Gasteiger partial charge in [-0.2, -0.15) is 0 Å². The molecule has 0 amide bonds. The van der Waals surface area contributed by atoms with Crippen LogP contribution in [0.4, 0.5) is 0 Å². The van der Waals surface area contributed by atoms with E-state index in [9.17, 15) is 0 Å². The molecule has 32 heavy (non-hydrogen) atoms. The van der Waals surface area contributed by atoms with Gasteiger partial charge < -0.3 is 0 Å². The van der Waals surface area contributed by atoms with E-state index in [0.29, 0.717) is 5.92 Å². The first-order valence-corrected chi connectivity index (χ1v) is 13.2. The Morgan fingerprint density at radius 2 is 1.25 bits per heavy atom. The molecular formula is C32H45. The third-order valence-electron chi connectivity index (χ3n) is 6.24. The van der Waals surface area contributed by atoms with Crippen molar-refractivity contribution in [1.29, 1.82) is 0 Å². The molecule has 0 heterocycles. The lowest BCUT2D eigenvalue weighted by Crippen LogP contribution is -2.01. The quantitative estimate of drug-likeness (QED) is 0.279. The zero-order valence-corrected chi connectivity index (χ0v) is 21.4. The molecule has 0 saturated carbocycles. The molecule has 0 spiro atoms. The van der Waals surface area contributed by atoms with Crippen molar-refractivity contribution in [1.82, 2.24) is 0 Å².